The first-order valence-electron chi connectivity index (χ1n) is 30.0. The van der Waals surface area contributed by atoms with Crippen molar-refractivity contribution in [3.63, 3.8) is 0 Å². The molecule has 2 aliphatic heterocycles. The van der Waals surface area contributed by atoms with Gasteiger partial charge in [-0.25, -0.2) is 0 Å². The number of aromatic hydroxyl groups is 1. The predicted octanol–water partition coefficient (Wildman–Crippen LogP) is 12.7. The lowest BCUT2D eigenvalue weighted by atomic mass is 9.90. The lowest BCUT2D eigenvalue weighted by molar-refractivity contribution is -0.174. The Balaban J connectivity index is 0.000000204. The Hall–Kier alpha value is -8.61. The van der Waals surface area contributed by atoms with Crippen molar-refractivity contribution in [1.82, 2.24) is 19.6 Å². The Morgan fingerprint density at radius 1 is 0.659 bits per heavy atom. The second-order valence-corrected chi connectivity index (χ2v) is 23.5. The van der Waals surface area contributed by atoms with E-state index in [4.69, 9.17) is 9.47 Å². The number of piperazine rings is 1. The van der Waals surface area contributed by atoms with E-state index in [0.29, 0.717) is 71.3 Å². The van der Waals surface area contributed by atoms with Gasteiger partial charge in [0.1, 0.15) is 35.1 Å². The zero-order valence-electron chi connectivity index (χ0n) is 49.8. The van der Waals surface area contributed by atoms with Crippen molar-refractivity contribution in [1.29, 1.82) is 0 Å². The monoisotopic (exact) mass is 1140 g/mol. The molecule has 85 heavy (non-hydrogen) atoms. The van der Waals surface area contributed by atoms with E-state index < -0.39 is 18.1 Å². The number of hydrogen-bond donors (Lipinski definition) is 1. The van der Waals surface area contributed by atoms with Crippen LogP contribution in [0.15, 0.2) is 194 Å². The predicted molar refractivity (Wildman–Crippen MR) is 336 cm³/mol. The fourth-order valence-electron chi connectivity index (χ4n) is 11.8. The number of aryl methyl sites for hydroxylation is 2. The molecule has 12 nitrogen and oxygen atoms in total. The van der Waals surface area contributed by atoms with E-state index in [0.717, 1.165) is 60.7 Å². The van der Waals surface area contributed by atoms with Crippen LogP contribution in [0.3, 0.4) is 0 Å². The summed E-state index contributed by atoms with van der Waals surface area (Å²) >= 11 is 0. The summed E-state index contributed by atoms with van der Waals surface area (Å²) in [6.45, 7) is 12.5. The van der Waals surface area contributed by atoms with Crippen molar-refractivity contribution in [2.45, 2.75) is 123 Å². The fourth-order valence-corrected chi connectivity index (χ4v) is 11.8. The molecule has 0 saturated carbocycles. The van der Waals surface area contributed by atoms with Gasteiger partial charge in [0.25, 0.3) is 0 Å². The van der Waals surface area contributed by atoms with Crippen LogP contribution in [-0.4, -0.2) is 104 Å². The van der Waals surface area contributed by atoms with Gasteiger partial charge in [-0.1, -0.05) is 170 Å². The summed E-state index contributed by atoms with van der Waals surface area (Å²) in [6.07, 6.45) is 2.52. The molecular formula is C73H80N4O8. The number of carbonyl (C=O) groups excluding carboxylic acids is 5. The number of amides is 4. The molecule has 0 radical (unpaired) electrons. The number of benzene rings is 8. The Labute approximate surface area is 501 Å². The van der Waals surface area contributed by atoms with Gasteiger partial charge in [-0.3, -0.25) is 24.0 Å². The third kappa shape index (κ3) is 16.6. The minimum absolute atomic E-state index is 0.0146. The maximum absolute atomic E-state index is 14.5. The number of phenolic OH excluding ortho intramolecular Hbond substituents is 1. The highest BCUT2D eigenvalue weighted by Crippen LogP contribution is 2.32. The highest BCUT2D eigenvalue weighted by atomic mass is 16.5. The normalized spacial score (nSPS) is 15.8. The third-order valence-electron chi connectivity index (χ3n) is 15.9. The lowest BCUT2D eigenvalue weighted by Gasteiger charge is -2.52. The molecule has 8 aromatic rings. The van der Waals surface area contributed by atoms with Crippen LogP contribution in [0.1, 0.15) is 93.7 Å². The highest BCUT2D eigenvalue weighted by molar-refractivity contribution is 5.93. The summed E-state index contributed by atoms with van der Waals surface area (Å²) in [5, 5.41) is 14.2. The molecule has 2 fully saturated rings. The molecule has 0 aliphatic carbocycles. The first-order valence-corrected chi connectivity index (χ1v) is 30.0. The van der Waals surface area contributed by atoms with E-state index in [2.05, 4.69) is 42.5 Å². The number of ketones is 1. The number of phenols is 1. The maximum Gasteiger partial charge on any atom is 0.246 e. The van der Waals surface area contributed by atoms with Crippen LogP contribution in [0.2, 0.25) is 0 Å². The van der Waals surface area contributed by atoms with Crippen LogP contribution in [0.5, 0.6) is 11.5 Å². The number of hydrogen-bond acceptors (Lipinski definition) is 8. The molecule has 2 saturated heterocycles. The highest BCUT2D eigenvalue weighted by Gasteiger charge is 2.48. The Morgan fingerprint density at radius 2 is 1.22 bits per heavy atom. The maximum atomic E-state index is 14.5. The molecule has 4 amide bonds. The van der Waals surface area contributed by atoms with E-state index >= 15 is 0 Å². The molecule has 440 valence electrons. The average Bonchev–Trinajstić information content (AvgIpc) is 1.43. The molecule has 1 unspecified atom stereocenters. The van der Waals surface area contributed by atoms with Crippen molar-refractivity contribution in [3.8, 4) is 11.5 Å². The van der Waals surface area contributed by atoms with Crippen LogP contribution in [-0.2, 0) is 67.5 Å². The Morgan fingerprint density at radius 3 is 1.85 bits per heavy atom. The van der Waals surface area contributed by atoms with E-state index in [1.807, 2.05) is 172 Å². The average molecular weight is 1140 g/mol. The Kier molecular flexibility index (Phi) is 20.6. The van der Waals surface area contributed by atoms with Crippen LogP contribution in [0, 0.1) is 5.92 Å². The summed E-state index contributed by atoms with van der Waals surface area (Å²) in [5.41, 5.74) is 5.87. The number of ether oxygens (including phenoxy) is 2. The molecule has 4 atom stereocenters. The molecule has 10 rings (SSSR count). The number of fused-ring (bicyclic) bond motifs is 3. The smallest absolute Gasteiger partial charge is 0.246 e. The zero-order chi connectivity index (χ0) is 59.9. The standard InChI is InChI=1S/C39H47NO4.C34H33N3O4/c1-6-43-29(2)27-40(28-33-17-12-16-32-15-10-11-18-37(32)33)38(42)34(26-35(41)22-19-30-13-8-7-9-14-30)25-31-20-23-36(24-21-31)44-39(3,4)5;38-28-16-13-25(14-17-28)21-30-34(41)35(22-27-11-6-10-26-9-4-5-12-29(26)27)23-31-36(20-19-33(40)37(30)31)32(39)18-15-24-7-2-1-3-8-24/h7-18,20-21,23-24,29,34H,6,19,22,25-28H2,1-5H3;1-14,16-17,30-31,38H,15,18-23H2/t29?,34-;30-,31+/m10/s1. The van der Waals surface area contributed by atoms with E-state index in [-0.39, 0.29) is 66.3 Å². The summed E-state index contributed by atoms with van der Waals surface area (Å²) in [7, 11) is 0. The van der Waals surface area contributed by atoms with Crippen LogP contribution in [0.25, 0.3) is 21.5 Å². The second-order valence-electron chi connectivity index (χ2n) is 23.5. The molecule has 1 N–H and O–H groups in total. The minimum Gasteiger partial charge on any atom is -0.508 e. The zero-order valence-corrected chi connectivity index (χ0v) is 49.8. The van der Waals surface area contributed by atoms with Crippen molar-refractivity contribution >= 4 is 51.0 Å². The summed E-state index contributed by atoms with van der Waals surface area (Å²) in [4.78, 5) is 76.2. The van der Waals surface area contributed by atoms with Gasteiger partial charge in [0, 0.05) is 70.8 Å². The quantitative estimate of drug-likeness (QED) is 0.0708. The Bertz CT molecular complexity index is 3520. The van der Waals surface area contributed by atoms with Gasteiger partial charge < -0.3 is 34.2 Å². The van der Waals surface area contributed by atoms with Gasteiger partial charge in [0.05, 0.1) is 12.6 Å². The topological polar surface area (TPSA) is 137 Å². The number of rotatable bonds is 22. The van der Waals surface area contributed by atoms with E-state index in [1.165, 1.54) is 0 Å². The minimum atomic E-state index is -0.745. The van der Waals surface area contributed by atoms with E-state index in [1.54, 1.807) is 34.1 Å². The van der Waals surface area contributed by atoms with Crippen molar-refractivity contribution in [2.75, 3.05) is 26.2 Å². The lowest BCUT2D eigenvalue weighted by Crippen LogP contribution is -2.71. The molecule has 12 heteroatoms. The number of nitrogens with zero attached hydrogens (tertiary/aromatic N) is 4. The molecule has 0 bridgehead atoms. The van der Waals surface area contributed by atoms with Gasteiger partial charge in [-0.05, 0) is 133 Å². The molecule has 2 heterocycles. The van der Waals surface area contributed by atoms with Crippen LogP contribution >= 0.6 is 0 Å². The van der Waals surface area contributed by atoms with Gasteiger partial charge in [-0.15, -0.1) is 0 Å². The number of carbonyl (C=O) groups is 5. The third-order valence-corrected chi connectivity index (χ3v) is 15.9. The van der Waals surface area contributed by atoms with Crippen molar-refractivity contribution in [3.05, 3.63) is 228 Å². The van der Waals surface area contributed by atoms with E-state index in [9.17, 15) is 29.1 Å². The van der Waals surface area contributed by atoms with Gasteiger partial charge in [-0.2, -0.15) is 0 Å². The van der Waals surface area contributed by atoms with Crippen molar-refractivity contribution in [2.24, 2.45) is 5.92 Å². The van der Waals surface area contributed by atoms with Crippen LogP contribution < -0.4 is 4.74 Å². The largest absolute Gasteiger partial charge is 0.508 e. The van der Waals surface area contributed by atoms with Gasteiger partial charge >= 0.3 is 0 Å². The summed E-state index contributed by atoms with van der Waals surface area (Å²) < 4.78 is 11.9. The molecule has 0 aromatic heterocycles. The molecule has 2 aliphatic rings. The summed E-state index contributed by atoms with van der Waals surface area (Å²) in [5.74, 6) is 0.263. The van der Waals surface area contributed by atoms with Gasteiger partial charge in [0.2, 0.25) is 23.6 Å². The van der Waals surface area contributed by atoms with Gasteiger partial charge in [0.15, 0.2) is 0 Å². The van der Waals surface area contributed by atoms with Crippen LogP contribution in [0.4, 0.5) is 0 Å². The molecular weight excluding hydrogens is 1060 g/mol. The first kappa shape index (κ1) is 61.0. The number of Topliss-reactive ketones (excluding diaryl/α,β-unsaturated/α-hetero) is 1. The SMILES string of the molecule is CCOC(C)CN(Cc1cccc2ccccc12)C(=O)[C@@H](CC(=O)CCc1ccccc1)Cc1ccc(OC(C)(C)C)cc1.O=C1[C@H](Cc2ccc(O)cc2)N2C(=O)CCN(C(=O)CCc3ccccc3)[C@H]2CN1Cc1cccc2ccccc12. The fraction of sp³-hybridized carbons (Fsp3) is 0.329. The first-order chi connectivity index (χ1) is 41.1. The van der Waals surface area contributed by atoms with Crippen molar-refractivity contribution < 1.29 is 38.6 Å². The molecule has 0 spiro atoms. The molecule has 8 aromatic carbocycles. The summed E-state index contributed by atoms with van der Waals surface area (Å²) in [6, 6.07) is 62.5. The second kappa shape index (κ2) is 28.8.